The lowest BCUT2D eigenvalue weighted by atomic mass is 9.94. The van der Waals surface area contributed by atoms with Gasteiger partial charge < -0.3 is 14.6 Å². The minimum absolute atomic E-state index is 0.0394. The van der Waals surface area contributed by atoms with Gasteiger partial charge in [-0.25, -0.2) is 4.98 Å². The number of ether oxygens (including phenoxy) is 2. The Hall–Kier alpha value is -4.17. The summed E-state index contributed by atoms with van der Waals surface area (Å²) in [4.78, 5) is 33.0. The molecule has 3 heterocycles. The lowest BCUT2D eigenvalue weighted by Crippen LogP contribution is -2.29. The minimum Gasteiger partial charge on any atom is -0.507 e. The summed E-state index contributed by atoms with van der Waals surface area (Å²) in [5, 5.41) is 11.9. The van der Waals surface area contributed by atoms with Crippen molar-refractivity contribution in [1.29, 1.82) is 0 Å². The van der Waals surface area contributed by atoms with E-state index in [1.807, 2.05) is 56.3 Å². The minimum atomic E-state index is -0.827. The molecule has 1 amide bonds. The molecule has 0 bridgehead atoms. The highest BCUT2D eigenvalue weighted by Gasteiger charge is 2.48. The summed E-state index contributed by atoms with van der Waals surface area (Å²) in [7, 11) is 1.59. The van der Waals surface area contributed by atoms with Crippen LogP contribution in [-0.4, -0.2) is 35.0 Å². The number of aryl methyl sites for hydroxylation is 1. The lowest BCUT2D eigenvalue weighted by molar-refractivity contribution is -0.132. The normalized spacial score (nSPS) is 20.4. The van der Waals surface area contributed by atoms with E-state index in [0.29, 0.717) is 33.9 Å². The summed E-state index contributed by atoms with van der Waals surface area (Å²) in [6, 6.07) is 17.6. The molecule has 1 saturated heterocycles. The number of ketones is 1. The molecule has 2 aliphatic rings. The average Bonchev–Trinajstić information content (AvgIpc) is 3.55. The van der Waals surface area contributed by atoms with Gasteiger partial charge in [-0.05, 0) is 61.4 Å². The smallest absolute Gasteiger partial charge is 0.301 e. The largest absolute Gasteiger partial charge is 0.507 e. The van der Waals surface area contributed by atoms with Gasteiger partial charge in [0.15, 0.2) is 5.13 Å². The molecule has 8 heteroatoms. The molecule has 0 spiro atoms. The van der Waals surface area contributed by atoms with Crippen molar-refractivity contribution < 1.29 is 24.2 Å². The predicted molar refractivity (Wildman–Crippen MR) is 142 cm³/mol. The highest BCUT2D eigenvalue weighted by atomic mass is 32.1. The SMILES string of the molecule is COc1ccc2nc(N3C(=O)C(=O)/C(=C(/O)c4ccc5c(c4)C[C@H](C)O5)[C@H]3c3ccc(C)cc3)sc2c1. The van der Waals surface area contributed by atoms with Crippen molar-refractivity contribution in [3.05, 3.63) is 88.5 Å². The van der Waals surface area contributed by atoms with Gasteiger partial charge in [0.2, 0.25) is 0 Å². The molecule has 186 valence electrons. The first kappa shape index (κ1) is 23.2. The van der Waals surface area contributed by atoms with Crippen LogP contribution in [0.3, 0.4) is 0 Å². The number of methoxy groups -OCH3 is 1. The Bertz CT molecular complexity index is 1600. The second kappa shape index (κ2) is 8.74. The van der Waals surface area contributed by atoms with Gasteiger partial charge in [-0.3, -0.25) is 14.5 Å². The Morgan fingerprint density at radius 3 is 2.65 bits per heavy atom. The summed E-state index contributed by atoms with van der Waals surface area (Å²) >= 11 is 1.30. The van der Waals surface area contributed by atoms with Gasteiger partial charge in [-0.15, -0.1) is 0 Å². The van der Waals surface area contributed by atoms with Crippen molar-refractivity contribution in [3.8, 4) is 11.5 Å². The zero-order chi connectivity index (χ0) is 25.8. The summed E-state index contributed by atoms with van der Waals surface area (Å²) in [5.74, 6) is -0.239. The van der Waals surface area contributed by atoms with Gasteiger partial charge in [0.05, 0.1) is 28.9 Å². The maximum Gasteiger partial charge on any atom is 0.301 e. The van der Waals surface area contributed by atoms with Gasteiger partial charge in [-0.1, -0.05) is 41.2 Å². The van der Waals surface area contributed by atoms with Gasteiger partial charge in [0.1, 0.15) is 23.4 Å². The van der Waals surface area contributed by atoms with E-state index in [-0.39, 0.29) is 17.4 Å². The molecular weight excluding hydrogens is 488 g/mol. The molecule has 1 aromatic heterocycles. The number of aliphatic hydroxyl groups is 1. The monoisotopic (exact) mass is 512 g/mol. The van der Waals surface area contributed by atoms with Crippen molar-refractivity contribution >= 4 is 44.1 Å². The molecule has 2 atom stereocenters. The average molecular weight is 513 g/mol. The van der Waals surface area contributed by atoms with E-state index in [1.165, 1.54) is 16.2 Å². The number of hydrogen-bond acceptors (Lipinski definition) is 7. The van der Waals surface area contributed by atoms with E-state index < -0.39 is 17.7 Å². The topological polar surface area (TPSA) is 89.0 Å². The number of carbonyl (C=O) groups excluding carboxylic acids is 2. The van der Waals surface area contributed by atoms with Crippen LogP contribution >= 0.6 is 11.3 Å². The third kappa shape index (κ3) is 3.84. The molecule has 0 unspecified atom stereocenters. The molecule has 0 saturated carbocycles. The van der Waals surface area contributed by atoms with Crippen molar-refractivity contribution in [2.45, 2.75) is 32.4 Å². The van der Waals surface area contributed by atoms with Crippen LogP contribution in [0.25, 0.3) is 16.0 Å². The maximum absolute atomic E-state index is 13.5. The van der Waals surface area contributed by atoms with Gasteiger partial charge in [0, 0.05) is 12.0 Å². The second-order valence-electron chi connectivity index (χ2n) is 9.36. The molecule has 1 N–H and O–H groups in total. The fraction of sp³-hybridized carbons (Fsp3) is 0.207. The molecular formula is C29H24N2O5S. The first-order valence-electron chi connectivity index (χ1n) is 12.0. The van der Waals surface area contributed by atoms with E-state index in [1.54, 1.807) is 25.3 Å². The van der Waals surface area contributed by atoms with Crippen LogP contribution in [0.15, 0.2) is 66.2 Å². The van der Waals surface area contributed by atoms with Gasteiger partial charge >= 0.3 is 5.91 Å². The fourth-order valence-corrected chi connectivity index (χ4v) is 5.96. The van der Waals surface area contributed by atoms with Crippen LogP contribution in [-0.2, 0) is 16.0 Å². The number of anilines is 1. The molecule has 37 heavy (non-hydrogen) atoms. The molecule has 4 aromatic rings. The second-order valence-corrected chi connectivity index (χ2v) is 10.4. The van der Waals surface area contributed by atoms with E-state index in [4.69, 9.17) is 9.47 Å². The standard InChI is InChI=1S/C29H24N2O5S/c1-15-4-6-17(7-5-15)25-24(26(32)18-8-11-22-19(13-18)12-16(2)36-22)27(33)28(34)31(25)29-30-21-10-9-20(35-3)14-23(21)37-29/h4-11,13-14,16,25,32H,12H2,1-3H3/b26-24+/t16-,25+/m0/s1. The molecule has 2 aliphatic heterocycles. The van der Waals surface area contributed by atoms with Crippen LogP contribution in [0.1, 0.15) is 35.2 Å². The number of aromatic nitrogens is 1. The predicted octanol–water partition coefficient (Wildman–Crippen LogP) is 5.56. The number of benzene rings is 3. The van der Waals surface area contributed by atoms with E-state index in [9.17, 15) is 14.7 Å². The van der Waals surface area contributed by atoms with Crippen LogP contribution in [0.4, 0.5) is 5.13 Å². The molecule has 0 aliphatic carbocycles. The van der Waals surface area contributed by atoms with Crippen LogP contribution in [0.5, 0.6) is 11.5 Å². The van der Waals surface area contributed by atoms with E-state index >= 15 is 0 Å². The number of hydrogen-bond donors (Lipinski definition) is 1. The van der Waals surface area contributed by atoms with Gasteiger partial charge in [0.25, 0.3) is 5.78 Å². The number of rotatable bonds is 4. The van der Waals surface area contributed by atoms with Crippen molar-refractivity contribution in [2.24, 2.45) is 0 Å². The first-order valence-corrected chi connectivity index (χ1v) is 12.8. The first-order chi connectivity index (χ1) is 17.8. The van der Waals surface area contributed by atoms with E-state index in [2.05, 4.69) is 4.98 Å². The highest BCUT2D eigenvalue weighted by Crippen LogP contribution is 2.45. The lowest BCUT2D eigenvalue weighted by Gasteiger charge is -2.23. The fourth-order valence-electron chi connectivity index (χ4n) is 4.94. The Balaban J connectivity index is 1.52. The highest BCUT2D eigenvalue weighted by molar-refractivity contribution is 7.22. The van der Waals surface area contributed by atoms with Crippen LogP contribution in [0.2, 0.25) is 0 Å². The summed E-state index contributed by atoms with van der Waals surface area (Å²) in [5.41, 5.74) is 3.91. The molecule has 1 fully saturated rings. The Morgan fingerprint density at radius 2 is 1.89 bits per heavy atom. The van der Waals surface area contributed by atoms with Crippen LogP contribution < -0.4 is 14.4 Å². The number of nitrogens with zero attached hydrogens (tertiary/aromatic N) is 2. The van der Waals surface area contributed by atoms with Crippen LogP contribution in [0, 0.1) is 6.92 Å². The molecule has 3 aromatic carbocycles. The molecule has 0 radical (unpaired) electrons. The summed E-state index contributed by atoms with van der Waals surface area (Å²) in [6.45, 7) is 3.95. The van der Waals surface area contributed by atoms with Gasteiger partial charge in [-0.2, -0.15) is 0 Å². The third-order valence-corrected chi connectivity index (χ3v) is 7.81. The number of aliphatic hydroxyl groups excluding tert-OH is 1. The maximum atomic E-state index is 13.5. The summed E-state index contributed by atoms with van der Waals surface area (Å²) in [6.07, 6.45) is 0.754. The Labute approximate surface area is 217 Å². The van der Waals surface area contributed by atoms with E-state index in [0.717, 1.165) is 21.6 Å². The zero-order valence-corrected chi connectivity index (χ0v) is 21.3. The Kier molecular flexibility index (Phi) is 5.49. The van der Waals surface area contributed by atoms with Crippen molar-refractivity contribution in [1.82, 2.24) is 4.98 Å². The van der Waals surface area contributed by atoms with Crippen molar-refractivity contribution in [2.75, 3.05) is 12.0 Å². The molecule has 7 nitrogen and oxygen atoms in total. The third-order valence-electron chi connectivity index (χ3n) is 6.80. The van der Waals surface area contributed by atoms with Crippen molar-refractivity contribution in [3.63, 3.8) is 0 Å². The number of Topliss-reactive ketones (excluding diaryl/α,β-unsaturated/α-hetero) is 1. The zero-order valence-electron chi connectivity index (χ0n) is 20.5. The number of fused-ring (bicyclic) bond motifs is 2. The summed E-state index contributed by atoms with van der Waals surface area (Å²) < 4.78 is 11.9. The number of carbonyl (C=O) groups is 2. The quantitative estimate of drug-likeness (QED) is 0.219. The molecule has 6 rings (SSSR count). The number of thiazole rings is 1. The number of amides is 1. The Morgan fingerprint density at radius 1 is 1.11 bits per heavy atom.